The minimum Gasteiger partial charge on any atom is -0.481 e. The summed E-state index contributed by atoms with van der Waals surface area (Å²) in [6.07, 6.45) is 9.25. The summed E-state index contributed by atoms with van der Waals surface area (Å²) in [7, 11) is 0. The fraction of sp³-hybridized carbons (Fsp3) is 0.875. The molecule has 0 aromatic rings. The molecule has 1 aliphatic heterocycles. The minimum atomic E-state index is -0.822. The summed E-state index contributed by atoms with van der Waals surface area (Å²) in [6.45, 7) is 0.366. The van der Waals surface area contributed by atoms with Gasteiger partial charge in [0.15, 0.2) is 0 Å². The lowest BCUT2D eigenvalue weighted by molar-refractivity contribution is -0.139. The van der Waals surface area contributed by atoms with Gasteiger partial charge in [-0.3, -0.25) is 9.59 Å². The van der Waals surface area contributed by atoms with E-state index in [0.29, 0.717) is 18.6 Å². The van der Waals surface area contributed by atoms with E-state index in [2.05, 4.69) is 5.32 Å². The van der Waals surface area contributed by atoms with Crippen LogP contribution in [0.2, 0.25) is 0 Å². The topological polar surface area (TPSA) is 69.6 Å². The number of carbonyl (C=O) groups is 2. The van der Waals surface area contributed by atoms with Gasteiger partial charge < -0.3 is 15.3 Å². The highest BCUT2D eigenvalue weighted by atomic mass is 16.4. The van der Waals surface area contributed by atoms with Crippen LogP contribution in [0.3, 0.4) is 0 Å². The maximum absolute atomic E-state index is 12.7. The van der Waals surface area contributed by atoms with Crippen molar-refractivity contribution in [3.63, 3.8) is 0 Å². The Hall–Kier alpha value is -1.10. The smallest absolute Gasteiger partial charge is 0.305 e. The largest absolute Gasteiger partial charge is 0.481 e. The van der Waals surface area contributed by atoms with Gasteiger partial charge in [-0.05, 0) is 44.4 Å². The van der Waals surface area contributed by atoms with Crippen LogP contribution >= 0.6 is 0 Å². The lowest BCUT2D eigenvalue weighted by Gasteiger charge is -2.41. The summed E-state index contributed by atoms with van der Waals surface area (Å²) < 4.78 is 0. The second kappa shape index (κ2) is 6.34. The number of rotatable bonds is 5. The number of amides is 1. The number of carbonyl (C=O) groups excluding carboxylic acids is 1. The van der Waals surface area contributed by atoms with E-state index in [9.17, 15) is 9.59 Å². The van der Waals surface area contributed by atoms with Crippen molar-refractivity contribution in [3.8, 4) is 0 Å². The van der Waals surface area contributed by atoms with Crippen molar-refractivity contribution in [1.29, 1.82) is 0 Å². The van der Waals surface area contributed by atoms with Crippen LogP contribution in [0.15, 0.2) is 0 Å². The van der Waals surface area contributed by atoms with E-state index < -0.39 is 5.97 Å². The van der Waals surface area contributed by atoms with E-state index in [4.69, 9.17) is 5.11 Å². The maximum atomic E-state index is 12.7. The molecule has 0 bridgehead atoms. The highest BCUT2D eigenvalue weighted by molar-refractivity contribution is 5.83. The molecule has 2 N–H and O–H groups in total. The summed E-state index contributed by atoms with van der Waals surface area (Å²) in [6, 6.07) is 0.712. The molecule has 2 aliphatic carbocycles. The molecule has 3 rings (SSSR count). The van der Waals surface area contributed by atoms with Crippen molar-refractivity contribution in [1.82, 2.24) is 10.2 Å². The van der Waals surface area contributed by atoms with Gasteiger partial charge in [-0.1, -0.05) is 12.8 Å². The van der Waals surface area contributed by atoms with Crippen LogP contribution in [0.25, 0.3) is 0 Å². The Morgan fingerprint density at radius 1 is 1.05 bits per heavy atom. The fourth-order valence-corrected chi connectivity index (χ4v) is 3.97. The Morgan fingerprint density at radius 3 is 2.52 bits per heavy atom. The Morgan fingerprint density at radius 2 is 1.81 bits per heavy atom. The van der Waals surface area contributed by atoms with Crippen molar-refractivity contribution >= 4 is 11.9 Å². The molecule has 3 unspecified atom stereocenters. The molecule has 2 saturated carbocycles. The molecular weight excluding hydrogens is 268 g/mol. The number of nitrogens with one attached hydrogen (secondary N) is 1. The van der Waals surface area contributed by atoms with Gasteiger partial charge in [0.25, 0.3) is 0 Å². The van der Waals surface area contributed by atoms with Crippen LogP contribution in [-0.4, -0.2) is 46.6 Å². The predicted molar refractivity (Wildman–Crippen MR) is 78.9 cm³/mol. The number of carboxylic acids is 1. The molecule has 3 aliphatic rings. The first-order valence-electron chi connectivity index (χ1n) is 8.43. The molecular formula is C16H26N2O3. The third-order valence-electron chi connectivity index (χ3n) is 5.29. The van der Waals surface area contributed by atoms with E-state index >= 15 is 0 Å². The number of fused-ring (bicyclic) bond motifs is 1. The Labute approximate surface area is 126 Å². The molecule has 3 atom stereocenters. The number of aliphatic carboxylic acids is 1. The molecule has 0 spiro atoms. The van der Waals surface area contributed by atoms with Gasteiger partial charge in [0.1, 0.15) is 0 Å². The molecule has 5 heteroatoms. The standard InChI is InChI=1S/C16H26N2O3/c19-15(20)9-10-18(12-6-7-12)16(21)14-8-5-11-3-1-2-4-13(11)17-14/h11-14,17H,1-10H2,(H,19,20). The third kappa shape index (κ3) is 3.57. The van der Waals surface area contributed by atoms with Crippen molar-refractivity contribution < 1.29 is 14.7 Å². The van der Waals surface area contributed by atoms with Gasteiger partial charge in [-0.25, -0.2) is 0 Å². The number of piperidine rings is 1. The number of nitrogens with zero attached hydrogens (tertiary/aromatic N) is 1. The number of hydrogen-bond acceptors (Lipinski definition) is 3. The molecule has 0 radical (unpaired) electrons. The van der Waals surface area contributed by atoms with Crippen molar-refractivity contribution in [3.05, 3.63) is 0 Å². The van der Waals surface area contributed by atoms with Gasteiger partial charge >= 0.3 is 5.97 Å². The number of hydrogen-bond donors (Lipinski definition) is 2. The third-order valence-corrected chi connectivity index (χ3v) is 5.29. The number of carboxylic acid groups (broad SMARTS) is 1. The summed E-state index contributed by atoms with van der Waals surface area (Å²) in [5.41, 5.74) is 0. The zero-order valence-corrected chi connectivity index (χ0v) is 12.6. The average molecular weight is 294 g/mol. The van der Waals surface area contributed by atoms with E-state index in [1.165, 1.54) is 25.7 Å². The first kappa shape index (κ1) is 14.8. The van der Waals surface area contributed by atoms with E-state index in [0.717, 1.165) is 31.6 Å². The molecule has 1 amide bonds. The van der Waals surface area contributed by atoms with Crippen LogP contribution in [0, 0.1) is 5.92 Å². The second-order valence-corrected chi connectivity index (χ2v) is 6.85. The van der Waals surface area contributed by atoms with Gasteiger partial charge in [0.2, 0.25) is 5.91 Å². The highest BCUT2D eigenvalue weighted by Gasteiger charge is 2.39. The normalized spacial score (nSPS) is 32.3. The van der Waals surface area contributed by atoms with Crippen LogP contribution in [-0.2, 0) is 9.59 Å². The molecule has 5 nitrogen and oxygen atoms in total. The molecule has 21 heavy (non-hydrogen) atoms. The average Bonchev–Trinajstić information content (AvgIpc) is 3.31. The van der Waals surface area contributed by atoms with Crippen molar-refractivity contribution in [2.45, 2.75) is 75.9 Å². The van der Waals surface area contributed by atoms with E-state index in [-0.39, 0.29) is 18.4 Å². The van der Waals surface area contributed by atoms with Crippen LogP contribution < -0.4 is 5.32 Å². The first-order chi connectivity index (χ1) is 10.1. The zero-order chi connectivity index (χ0) is 14.8. The van der Waals surface area contributed by atoms with Gasteiger partial charge in [0.05, 0.1) is 12.5 Å². The quantitative estimate of drug-likeness (QED) is 0.810. The monoisotopic (exact) mass is 294 g/mol. The van der Waals surface area contributed by atoms with Gasteiger partial charge in [-0.15, -0.1) is 0 Å². The van der Waals surface area contributed by atoms with Crippen molar-refractivity contribution in [2.75, 3.05) is 6.54 Å². The maximum Gasteiger partial charge on any atom is 0.305 e. The Bertz CT molecular complexity index is 408. The molecule has 1 heterocycles. The molecule has 0 aromatic carbocycles. The second-order valence-electron chi connectivity index (χ2n) is 6.85. The summed E-state index contributed by atoms with van der Waals surface area (Å²) in [4.78, 5) is 25.3. The van der Waals surface area contributed by atoms with Crippen LogP contribution in [0.1, 0.15) is 57.8 Å². The molecule has 118 valence electrons. The van der Waals surface area contributed by atoms with Crippen molar-refractivity contribution in [2.24, 2.45) is 5.92 Å². The summed E-state index contributed by atoms with van der Waals surface area (Å²) in [5.74, 6) is 0.0661. The van der Waals surface area contributed by atoms with Gasteiger partial charge in [-0.2, -0.15) is 0 Å². The molecule has 0 aromatic heterocycles. The first-order valence-corrected chi connectivity index (χ1v) is 8.43. The van der Waals surface area contributed by atoms with Gasteiger partial charge in [0, 0.05) is 18.6 Å². The zero-order valence-electron chi connectivity index (χ0n) is 12.6. The molecule has 3 fully saturated rings. The minimum absolute atomic E-state index is 0.0566. The Balaban J connectivity index is 1.58. The lowest BCUT2D eigenvalue weighted by Crippen LogP contribution is -2.56. The Kier molecular flexibility index (Phi) is 4.48. The highest BCUT2D eigenvalue weighted by Crippen LogP contribution is 2.34. The van der Waals surface area contributed by atoms with E-state index in [1.54, 1.807) is 0 Å². The lowest BCUT2D eigenvalue weighted by atomic mass is 9.77. The SMILES string of the molecule is O=C(O)CCN(C(=O)C1CCC2CCCCC2N1)C1CC1. The molecule has 1 saturated heterocycles. The van der Waals surface area contributed by atoms with E-state index in [1.807, 2.05) is 4.90 Å². The predicted octanol–water partition coefficient (Wildman–Crippen LogP) is 1.76. The van der Waals surface area contributed by atoms with Crippen LogP contribution in [0.4, 0.5) is 0 Å². The fourth-order valence-electron chi connectivity index (χ4n) is 3.97. The summed E-state index contributed by atoms with van der Waals surface area (Å²) >= 11 is 0. The summed E-state index contributed by atoms with van der Waals surface area (Å²) in [5, 5.41) is 12.4. The van der Waals surface area contributed by atoms with Crippen LogP contribution in [0.5, 0.6) is 0 Å².